The molecule has 0 fully saturated rings. The van der Waals surface area contributed by atoms with Crippen LogP contribution in [0.3, 0.4) is 0 Å². The first kappa shape index (κ1) is 17.3. The molecule has 2 amide bonds. The van der Waals surface area contributed by atoms with E-state index in [1.165, 1.54) is 16.0 Å². The Morgan fingerprint density at radius 2 is 1.80 bits per heavy atom. The van der Waals surface area contributed by atoms with Crippen molar-refractivity contribution >= 4 is 18.1 Å². The highest BCUT2D eigenvalue weighted by molar-refractivity contribution is 6.22. The van der Waals surface area contributed by atoms with E-state index in [-0.39, 0.29) is 11.8 Å². The Morgan fingerprint density at radius 3 is 2.28 bits per heavy atom. The fourth-order valence-corrected chi connectivity index (χ4v) is 3.63. The van der Waals surface area contributed by atoms with Crippen LogP contribution in [0, 0.1) is 0 Å². The highest BCUT2D eigenvalue weighted by atomic mass is 16.2. The standard InChI is InChI=1S/C21H23NO3/c1-15(2)6-5-7-16-10-12-21(14-23,13-11-16)22-19(24)17-8-3-4-9-18(17)20(22)25/h3-4,6,8-10,14H,5,7,11-13H2,1-2H3/t21-/m1/s1. The highest BCUT2D eigenvalue weighted by Crippen LogP contribution is 2.38. The van der Waals surface area contributed by atoms with Crippen LogP contribution in [0.15, 0.2) is 47.6 Å². The molecule has 0 spiro atoms. The molecule has 0 radical (unpaired) electrons. The van der Waals surface area contributed by atoms with E-state index in [9.17, 15) is 14.4 Å². The third-order valence-electron chi connectivity index (χ3n) is 5.10. The van der Waals surface area contributed by atoms with E-state index in [1.54, 1.807) is 24.3 Å². The van der Waals surface area contributed by atoms with Gasteiger partial charge in [0, 0.05) is 0 Å². The molecule has 1 heterocycles. The summed E-state index contributed by atoms with van der Waals surface area (Å²) < 4.78 is 0. The topological polar surface area (TPSA) is 54.5 Å². The number of imide groups is 1. The lowest BCUT2D eigenvalue weighted by Crippen LogP contribution is -2.53. The SMILES string of the molecule is CC(C)=CCCC1=CC[C@@](C=O)(N2C(=O)c3ccccc3C2=O)CC1. The summed E-state index contributed by atoms with van der Waals surface area (Å²) in [5.41, 5.74) is 2.34. The molecule has 130 valence electrons. The van der Waals surface area contributed by atoms with E-state index in [2.05, 4.69) is 19.9 Å². The van der Waals surface area contributed by atoms with Gasteiger partial charge in [-0.3, -0.25) is 14.5 Å². The number of fused-ring (bicyclic) bond motifs is 1. The van der Waals surface area contributed by atoms with Crippen molar-refractivity contribution in [1.29, 1.82) is 0 Å². The van der Waals surface area contributed by atoms with Crippen molar-refractivity contribution in [3.8, 4) is 0 Å². The van der Waals surface area contributed by atoms with E-state index in [0.29, 0.717) is 24.0 Å². The molecule has 1 aliphatic carbocycles. The molecule has 25 heavy (non-hydrogen) atoms. The quantitative estimate of drug-likeness (QED) is 0.462. The van der Waals surface area contributed by atoms with E-state index < -0.39 is 5.54 Å². The van der Waals surface area contributed by atoms with Crippen molar-refractivity contribution in [1.82, 2.24) is 4.90 Å². The van der Waals surface area contributed by atoms with Crippen molar-refractivity contribution in [2.75, 3.05) is 0 Å². The van der Waals surface area contributed by atoms with E-state index in [0.717, 1.165) is 25.5 Å². The monoisotopic (exact) mass is 337 g/mol. The maximum atomic E-state index is 12.7. The summed E-state index contributed by atoms with van der Waals surface area (Å²) in [6, 6.07) is 6.78. The van der Waals surface area contributed by atoms with Crippen LogP contribution in [0.1, 0.15) is 66.7 Å². The molecular weight excluding hydrogens is 314 g/mol. The Balaban J connectivity index is 1.81. The van der Waals surface area contributed by atoms with Crippen LogP contribution >= 0.6 is 0 Å². The molecule has 0 saturated carbocycles. The predicted octanol–water partition coefficient (Wildman–Crippen LogP) is 4.08. The largest absolute Gasteiger partial charge is 0.301 e. The molecule has 1 aromatic rings. The summed E-state index contributed by atoms with van der Waals surface area (Å²) in [5, 5.41) is 0. The number of aldehydes is 1. The van der Waals surface area contributed by atoms with Gasteiger partial charge in [0.05, 0.1) is 11.1 Å². The number of rotatable bonds is 5. The van der Waals surface area contributed by atoms with Crippen LogP contribution in [-0.4, -0.2) is 28.5 Å². The summed E-state index contributed by atoms with van der Waals surface area (Å²) in [6.07, 6.45) is 8.62. The molecule has 4 heteroatoms. The van der Waals surface area contributed by atoms with Gasteiger partial charge in [0.1, 0.15) is 11.8 Å². The zero-order chi connectivity index (χ0) is 18.0. The zero-order valence-corrected chi connectivity index (χ0v) is 14.7. The molecule has 0 aromatic heterocycles. The van der Waals surface area contributed by atoms with Gasteiger partial charge in [0.15, 0.2) is 0 Å². The lowest BCUT2D eigenvalue weighted by Gasteiger charge is -2.38. The van der Waals surface area contributed by atoms with Crippen LogP contribution in [-0.2, 0) is 4.79 Å². The normalized spacial score (nSPS) is 22.5. The Bertz CT molecular complexity index is 751. The van der Waals surface area contributed by atoms with Crippen molar-refractivity contribution in [2.45, 2.75) is 51.5 Å². The van der Waals surface area contributed by atoms with Crippen LogP contribution in [0.2, 0.25) is 0 Å². The average Bonchev–Trinajstić information content (AvgIpc) is 2.87. The second kappa shape index (κ2) is 6.79. The minimum atomic E-state index is -1.05. The van der Waals surface area contributed by atoms with Gasteiger partial charge in [0.25, 0.3) is 11.8 Å². The van der Waals surface area contributed by atoms with E-state index in [4.69, 9.17) is 0 Å². The number of benzene rings is 1. The lowest BCUT2D eigenvalue weighted by molar-refractivity contribution is -0.116. The Labute approximate surface area is 148 Å². The van der Waals surface area contributed by atoms with E-state index in [1.807, 2.05) is 6.08 Å². The number of hydrogen-bond donors (Lipinski definition) is 0. The minimum Gasteiger partial charge on any atom is -0.301 e. The Morgan fingerprint density at radius 1 is 1.16 bits per heavy atom. The van der Waals surface area contributed by atoms with Gasteiger partial charge >= 0.3 is 0 Å². The minimum absolute atomic E-state index is 0.353. The number of nitrogens with zero attached hydrogens (tertiary/aromatic N) is 1. The Hall–Kier alpha value is -2.49. The van der Waals surface area contributed by atoms with Crippen LogP contribution in [0.25, 0.3) is 0 Å². The number of amides is 2. The van der Waals surface area contributed by atoms with Gasteiger partial charge in [-0.25, -0.2) is 0 Å². The smallest absolute Gasteiger partial charge is 0.262 e. The van der Waals surface area contributed by atoms with Gasteiger partial charge in [-0.1, -0.05) is 35.4 Å². The van der Waals surface area contributed by atoms with Gasteiger partial charge in [-0.05, 0) is 58.1 Å². The van der Waals surface area contributed by atoms with Gasteiger partial charge in [-0.2, -0.15) is 0 Å². The number of carbonyl (C=O) groups is 3. The number of carbonyl (C=O) groups excluding carboxylic acids is 3. The van der Waals surface area contributed by atoms with Crippen LogP contribution in [0.4, 0.5) is 0 Å². The summed E-state index contributed by atoms with van der Waals surface area (Å²) in [4.78, 5) is 38.6. The summed E-state index contributed by atoms with van der Waals surface area (Å²) in [6.45, 7) is 4.16. The number of hydrogen-bond acceptors (Lipinski definition) is 3. The second-order valence-electron chi connectivity index (χ2n) is 7.10. The summed E-state index contributed by atoms with van der Waals surface area (Å²) >= 11 is 0. The first-order chi connectivity index (χ1) is 12.0. The van der Waals surface area contributed by atoms with Crippen molar-refractivity contribution in [2.24, 2.45) is 0 Å². The lowest BCUT2D eigenvalue weighted by atomic mass is 9.81. The van der Waals surface area contributed by atoms with Crippen LogP contribution < -0.4 is 0 Å². The third kappa shape index (κ3) is 3.09. The maximum absolute atomic E-state index is 12.7. The fourth-order valence-electron chi connectivity index (χ4n) is 3.63. The molecule has 0 bridgehead atoms. The van der Waals surface area contributed by atoms with Crippen molar-refractivity contribution in [3.63, 3.8) is 0 Å². The molecule has 0 unspecified atom stereocenters. The summed E-state index contributed by atoms with van der Waals surface area (Å²) in [7, 11) is 0. The molecule has 0 N–H and O–H groups in total. The molecule has 4 nitrogen and oxygen atoms in total. The Kier molecular flexibility index (Phi) is 4.71. The molecule has 0 saturated heterocycles. The predicted molar refractivity (Wildman–Crippen MR) is 96.3 cm³/mol. The molecule has 1 aliphatic heterocycles. The maximum Gasteiger partial charge on any atom is 0.262 e. The van der Waals surface area contributed by atoms with Crippen molar-refractivity contribution in [3.05, 3.63) is 58.7 Å². The van der Waals surface area contributed by atoms with Crippen molar-refractivity contribution < 1.29 is 14.4 Å². The van der Waals surface area contributed by atoms with Gasteiger partial charge < -0.3 is 4.79 Å². The summed E-state index contributed by atoms with van der Waals surface area (Å²) in [5.74, 6) is -0.705. The molecule has 2 aliphatic rings. The highest BCUT2D eigenvalue weighted by Gasteiger charge is 2.49. The van der Waals surface area contributed by atoms with Gasteiger partial charge in [0.2, 0.25) is 0 Å². The second-order valence-corrected chi connectivity index (χ2v) is 7.10. The van der Waals surface area contributed by atoms with Gasteiger partial charge in [-0.15, -0.1) is 0 Å². The molecular formula is C21H23NO3. The average molecular weight is 337 g/mol. The number of allylic oxidation sites excluding steroid dienone is 3. The first-order valence-electron chi connectivity index (χ1n) is 8.74. The molecule has 3 rings (SSSR count). The zero-order valence-electron chi connectivity index (χ0n) is 14.7. The fraction of sp³-hybridized carbons (Fsp3) is 0.381. The van der Waals surface area contributed by atoms with Crippen LogP contribution in [0.5, 0.6) is 0 Å². The van der Waals surface area contributed by atoms with E-state index >= 15 is 0 Å². The third-order valence-corrected chi connectivity index (χ3v) is 5.10. The molecule has 1 aromatic carbocycles. The molecule has 1 atom stereocenters. The first-order valence-corrected chi connectivity index (χ1v) is 8.74.